The Kier molecular flexibility index (Phi) is 6.21. The van der Waals surface area contributed by atoms with Gasteiger partial charge in [-0.2, -0.15) is 0 Å². The van der Waals surface area contributed by atoms with Gasteiger partial charge in [0.15, 0.2) is 0 Å². The van der Waals surface area contributed by atoms with Crippen LogP contribution in [-0.2, 0) is 6.54 Å². The average molecular weight is 483 g/mol. The van der Waals surface area contributed by atoms with Gasteiger partial charge in [-0.3, -0.25) is 0 Å². The minimum absolute atomic E-state index is 0.461. The normalized spacial score (nSPS) is 12.2. The first-order valence-corrected chi connectivity index (χ1v) is 12.8. The molecule has 0 amide bonds. The van der Waals surface area contributed by atoms with Crippen molar-refractivity contribution in [3.05, 3.63) is 127 Å². The molecule has 1 atom stereocenters. The van der Waals surface area contributed by atoms with Gasteiger partial charge < -0.3 is 15.0 Å². The summed E-state index contributed by atoms with van der Waals surface area (Å²) in [5.74, 6) is 0. The number of aliphatic hydroxyl groups excluding tert-OH is 1. The van der Waals surface area contributed by atoms with Crippen LogP contribution in [0.25, 0.3) is 44.1 Å². The molecule has 2 N–H and O–H groups in total. The lowest BCUT2D eigenvalue weighted by molar-refractivity contribution is 0.169. The van der Waals surface area contributed by atoms with E-state index >= 15 is 0 Å². The highest BCUT2D eigenvalue weighted by molar-refractivity contribution is 6.15. The highest BCUT2D eigenvalue weighted by atomic mass is 16.3. The van der Waals surface area contributed by atoms with Gasteiger partial charge in [-0.25, -0.2) is 0 Å². The Morgan fingerprint density at radius 1 is 0.676 bits per heavy atom. The van der Waals surface area contributed by atoms with E-state index < -0.39 is 6.10 Å². The van der Waals surface area contributed by atoms with Crippen molar-refractivity contribution in [2.24, 2.45) is 0 Å². The van der Waals surface area contributed by atoms with Crippen LogP contribution in [0.5, 0.6) is 0 Å². The van der Waals surface area contributed by atoms with Gasteiger partial charge in [0.25, 0.3) is 0 Å². The molecule has 0 unspecified atom stereocenters. The number of aliphatic hydroxyl groups is 1. The number of nitrogens with one attached hydrogen (secondary N) is 1. The quantitative estimate of drug-likeness (QED) is 0.243. The third-order valence-electron chi connectivity index (χ3n) is 7.04. The van der Waals surface area contributed by atoms with Gasteiger partial charge in [0.2, 0.25) is 0 Å². The van der Waals surface area contributed by atoms with E-state index in [0.717, 1.165) is 22.5 Å². The number of anilines is 1. The van der Waals surface area contributed by atoms with Crippen LogP contribution in [0.15, 0.2) is 121 Å². The number of aromatic nitrogens is 1. The number of aryl methyl sites for hydroxylation is 1. The molecule has 1 aromatic heterocycles. The molecule has 0 bridgehead atoms. The first kappa shape index (κ1) is 23.1. The predicted octanol–water partition coefficient (Wildman–Crippen LogP) is 7.91. The van der Waals surface area contributed by atoms with Crippen LogP contribution in [-0.4, -0.2) is 22.3 Å². The summed E-state index contributed by atoms with van der Waals surface area (Å²) in [4.78, 5) is 0. The lowest BCUT2D eigenvalue weighted by Crippen LogP contribution is -2.25. The Hall–Kier alpha value is -4.34. The minimum Gasteiger partial charge on any atom is -0.389 e. The van der Waals surface area contributed by atoms with Crippen molar-refractivity contribution < 1.29 is 5.11 Å². The zero-order valence-corrected chi connectivity index (χ0v) is 20.9. The summed E-state index contributed by atoms with van der Waals surface area (Å²) in [5.41, 5.74) is 8.04. The van der Waals surface area contributed by atoms with E-state index in [9.17, 15) is 5.11 Å². The first-order chi connectivity index (χ1) is 18.2. The second-order valence-electron chi connectivity index (χ2n) is 9.65. The van der Waals surface area contributed by atoms with E-state index in [1.165, 1.54) is 32.8 Å². The van der Waals surface area contributed by atoms with Gasteiger partial charge >= 0.3 is 0 Å². The predicted molar refractivity (Wildman–Crippen MR) is 156 cm³/mol. The molecule has 0 radical (unpaired) electrons. The molecule has 0 saturated heterocycles. The number of hydrogen-bond donors (Lipinski definition) is 2. The van der Waals surface area contributed by atoms with E-state index in [2.05, 4.69) is 138 Å². The fraction of sp³-hybridized carbons (Fsp3) is 0.118. The molecule has 3 nitrogen and oxygen atoms in total. The number of nitrogens with zero attached hydrogens (tertiary/aromatic N) is 1. The van der Waals surface area contributed by atoms with Gasteiger partial charge in [-0.05, 0) is 35.6 Å². The van der Waals surface area contributed by atoms with E-state index in [1.54, 1.807) is 0 Å². The van der Waals surface area contributed by atoms with Crippen LogP contribution in [0.3, 0.4) is 0 Å². The van der Waals surface area contributed by atoms with Gasteiger partial charge in [0, 0.05) is 28.6 Å². The van der Waals surface area contributed by atoms with Crippen LogP contribution in [0.1, 0.15) is 5.56 Å². The fourth-order valence-corrected chi connectivity index (χ4v) is 5.28. The van der Waals surface area contributed by atoms with Crippen molar-refractivity contribution in [3.63, 3.8) is 0 Å². The zero-order chi connectivity index (χ0) is 25.2. The monoisotopic (exact) mass is 482 g/mol. The van der Waals surface area contributed by atoms with E-state index in [1.807, 2.05) is 0 Å². The third kappa shape index (κ3) is 4.50. The molecule has 37 heavy (non-hydrogen) atoms. The van der Waals surface area contributed by atoms with Crippen molar-refractivity contribution in [2.75, 3.05) is 11.9 Å². The summed E-state index contributed by atoms with van der Waals surface area (Å²) in [6.07, 6.45) is -0.582. The summed E-state index contributed by atoms with van der Waals surface area (Å²) in [6, 6.07) is 42.4. The Bertz CT molecular complexity index is 1650. The maximum Gasteiger partial charge on any atom is 0.0891 e. The van der Waals surface area contributed by atoms with Gasteiger partial charge in [-0.15, -0.1) is 0 Å². The highest BCUT2D eigenvalue weighted by Crippen LogP contribution is 2.43. The number of benzene rings is 5. The highest BCUT2D eigenvalue weighted by Gasteiger charge is 2.23. The zero-order valence-electron chi connectivity index (χ0n) is 20.9. The second kappa shape index (κ2) is 9.96. The van der Waals surface area contributed by atoms with Gasteiger partial charge in [0.05, 0.1) is 23.9 Å². The molecule has 3 heteroatoms. The molecule has 182 valence electrons. The van der Waals surface area contributed by atoms with Gasteiger partial charge in [0.1, 0.15) is 0 Å². The maximum atomic E-state index is 11.3. The van der Waals surface area contributed by atoms with Crippen molar-refractivity contribution in [2.45, 2.75) is 19.6 Å². The number of fused-ring (bicyclic) bond motifs is 3. The maximum absolute atomic E-state index is 11.3. The van der Waals surface area contributed by atoms with Crippen LogP contribution in [0, 0.1) is 6.92 Å². The summed E-state index contributed by atoms with van der Waals surface area (Å²) in [7, 11) is 0. The molecule has 5 aromatic carbocycles. The SMILES string of the molecule is Cc1ccc(NC[C@H](O)Cn2c(-c3ccccc3)c(-c3ccccc3)c3ccc4ccccc4c32)cc1. The summed E-state index contributed by atoms with van der Waals surface area (Å²) >= 11 is 0. The lowest BCUT2D eigenvalue weighted by Gasteiger charge is -2.18. The van der Waals surface area contributed by atoms with Gasteiger partial charge in [-0.1, -0.05) is 115 Å². The first-order valence-electron chi connectivity index (χ1n) is 12.8. The standard InChI is InChI=1S/C34H30N2O/c1-24-16-19-28(20-17-24)35-22-29(37)23-36-33(27-13-6-3-7-14-27)32(26-11-4-2-5-12-26)31-21-18-25-10-8-9-15-30(25)34(31)36/h2-21,29,35,37H,22-23H2,1H3/t29-/m0/s1. The summed E-state index contributed by atoms with van der Waals surface area (Å²) in [5, 5.41) is 18.3. The smallest absolute Gasteiger partial charge is 0.0891 e. The van der Waals surface area contributed by atoms with Crippen LogP contribution in [0.4, 0.5) is 5.69 Å². The lowest BCUT2D eigenvalue weighted by atomic mass is 9.97. The molecule has 0 aliphatic carbocycles. The summed E-state index contributed by atoms with van der Waals surface area (Å²) in [6.45, 7) is 3.01. The minimum atomic E-state index is -0.582. The molecule has 0 spiro atoms. The van der Waals surface area contributed by atoms with Crippen molar-refractivity contribution in [1.29, 1.82) is 0 Å². The molecular weight excluding hydrogens is 452 g/mol. The topological polar surface area (TPSA) is 37.2 Å². The molecular formula is C34H30N2O. The Morgan fingerprint density at radius 3 is 2.05 bits per heavy atom. The Morgan fingerprint density at radius 2 is 1.32 bits per heavy atom. The molecule has 0 aliphatic rings. The van der Waals surface area contributed by atoms with E-state index in [0.29, 0.717) is 13.1 Å². The summed E-state index contributed by atoms with van der Waals surface area (Å²) < 4.78 is 2.33. The van der Waals surface area contributed by atoms with Crippen molar-refractivity contribution >= 4 is 27.4 Å². The average Bonchev–Trinajstić information content (AvgIpc) is 3.28. The fourth-order valence-electron chi connectivity index (χ4n) is 5.28. The number of rotatable bonds is 7. The molecule has 6 aromatic rings. The molecule has 0 fully saturated rings. The Balaban J connectivity index is 1.54. The van der Waals surface area contributed by atoms with E-state index in [4.69, 9.17) is 0 Å². The van der Waals surface area contributed by atoms with Crippen LogP contribution < -0.4 is 5.32 Å². The third-order valence-corrected chi connectivity index (χ3v) is 7.04. The van der Waals surface area contributed by atoms with Crippen molar-refractivity contribution in [3.8, 4) is 22.4 Å². The molecule has 1 heterocycles. The molecule has 0 aliphatic heterocycles. The van der Waals surface area contributed by atoms with Crippen LogP contribution >= 0.6 is 0 Å². The van der Waals surface area contributed by atoms with Crippen LogP contribution in [0.2, 0.25) is 0 Å². The number of hydrogen-bond acceptors (Lipinski definition) is 2. The molecule has 6 rings (SSSR count). The van der Waals surface area contributed by atoms with E-state index in [-0.39, 0.29) is 0 Å². The largest absolute Gasteiger partial charge is 0.389 e. The Labute approximate surface area is 217 Å². The molecule has 0 saturated carbocycles. The van der Waals surface area contributed by atoms with Crippen molar-refractivity contribution in [1.82, 2.24) is 4.57 Å². The second-order valence-corrected chi connectivity index (χ2v) is 9.65.